The predicted molar refractivity (Wildman–Crippen MR) is 146 cm³/mol. The van der Waals surface area contributed by atoms with E-state index in [4.69, 9.17) is 9.84 Å². The molecule has 0 saturated carbocycles. The molecule has 4 nitrogen and oxygen atoms in total. The van der Waals surface area contributed by atoms with Crippen LogP contribution in [0.15, 0.2) is 0 Å². The Morgan fingerprint density at radius 2 is 0.794 bits per heavy atom. The maximum absolute atomic E-state index is 11.5. The molecular formula is C30H60O4. The number of hydrogen-bond donors (Lipinski definition) is 1. The first-order chi connectivity index (χ1) is 16.6. The van der Waals surface area contributed by atoms with Crippen molar-refractivity contribution < 1.29 is 19.4 Å². The summed E-state index contributed by atoms with van der Waals surface area (Å²) in [5, 5.41) is 8.41. The summed E-state index contributed by atoms with van der Waals surface area (Å²) >= 11 is 0. The molecule has 0 heterocycles. The molecule has 34 heavy (non-hydrogen) atoms. The summed E-state index contributed by atoms with van der Waals surface area (Å²) in [5.41, 5.74) is 0. The number of carboxylic acid groups (broad SMARTS) is 1. The maximum Gasteiger partial charge on any atom is 0.305 e. The minimum Gasteiger partial charge on any atom is -0.481 e. The Morgan fingerprint density at radius 3 is 1.18 bits per heavy atom. The summed E-state index contributed by atoms with van der Waals surface area (Å²) in [6.45, 7) is 7.29. The van der Waals surface area contributed by atoms with Gasteiger partial charge in [0.05, 0.1) is 6.61 Å². The minimum absolute atomic E-state index is 0.00412. The number of rotatable bonds is 25. The normalized spacial score (nSPS) is 10.6. The van der Waals surface area contributed by atoms with Crippen LogP contribution in [0.1, 0.15) is 175 Å². The number of esters is 1. The summed E-state index contributed by atoms with van der Waals surface area (Å²) in [6.07, 6.45) is 28.4. The third-order valence-corrected chi connectivity index (χ3v) is 6.24. The number of hydrogen-bond acceptors (Lipinski definition) is 3. The molecule has 0 radical (unpaired) electrons. The van der Waals surface area contributed by atoms with Crippen LogP contribution in [0, 0.1) is 0 Å². The zero-order valence-electron chi connectivity index (χ0n) is 23.3. The Bertz CT molecular complexity index is 409. The molecule has 0 amide bonds. The lowest BCUT2D eigenvalue weighted by molar-refractivity contribution is -0.144. The quantitative estimate of drug-likeness (QED) is 0.103. The van der Waals surface area contributed by atoms with E-state index in [1.807, 2.05) is 0 Å². The summed E-state index contributed by atoms with van der Waals surface area (Å²) < 4.78 is 5.22. The molecule has 0 fully saturated rings. The largest absolute Gasteiger partial charge is 0.481 e. The SMILES string of the molecule is CCCCCCCCCCCC(=O)O.CCCCCCCCCCCC(=O)OCCCCCC. The van der Waals surface area contributed by atoms with Gasteiger partial charge < -0.3 is 9.84 Å². The molecule has 0 aliphatic carbocycles. The Kier molecular flexibility index (Phi) is 33.0. The molecule has 0 saturated heterocycles. The Morgan fingerprint density at radius 1 is 0.471 bits per heavy atom. The molecule has 0 aliphatic heterocycles. The monoisotopic (exact) mass is 484 g/mol. The molecule has 1 N–H and O–H groups in total. The molecular weight excluding hydrogens is 424 g/mol. The van der Waals surface area contributed by atoms with Gasteiger partial charge in [-0.2, -0.15) is 0 Å². The zero-order chi connectivity index (χ0) is 25.5. The van der Waals surface area contributed by atoms with Gasteiger partial charge in [-0.1, -0.05) is 143 Å². The van der Waals surface area contributed by atoms with Crippen LogP contribution < -0.4 is 0 Å². The Labute approximate surface area is 213 Å². The highest BCUT2D eigenvalue weighted by molar-refractivity contribution is 5.69. The Balaban J connectivity index is 0. The van der Waals surface area contributed by atoms with Crippen molar-refractivity contribution in [1.29, 1.82) is 0 Å². The highest BCUT2D eigenvalue weighted by Gasteiger charge is 2.02. The Hall–Kier alpha value is -1.06. The first-order valence-corrected chi connectivity index (χ1v) is 15.0. The fourth-order valence-corrected chi connectivity index (χ4v) is 3.95. The lowest BCUT2D eigenvalue weighted by atomic mass is 10.1. The van der Waals surface area contributed by atoms with Gasteiger partial charge in [-0.05, 0) is 19.3 Å². The van der Waals surface area contributed by atoms with Crippen molar-refractivity contribution in [1.82, 2.24) is 0 Å². The van der Waals surface area contributed by atoms with Gasteiger partial charge in [-0.15, -0.1) is 0 Å². The van der Waals surface area contributed by atoms with Crippen LogP contribution in [-0.2, 0) is 14.3 Å². The molecule has 0 spiro atoms. The molecule has 0 aromatic rings. The molecule has 0 rings (SSSR count). The smallest absolute Gasteiger partial charge is 0.305 e. The van der Waals surface area contributed by atoms with Gasteiger partial charge in [0, 0.05) is 12.8 Å². The second kappa shape index (κ2) is 31.9. The van der Waals surface area contributed by atoms with Gasteiger partial charge >= 0.3 is 11.9 Å². The van der Waals surface area contributed by atoms with Gasteiger partial charge in [0.15, 0.2) is 0 Å². The van der Waals surface area contributed by atoms with E-state index in [0.717, 1.165) is 25.7 Å². The standard InChI is InChI=1S/C18H36O2.C12H24O2/c1-3-5-7-9-10-11-12-13-14-16-18(19)20-17-15-8-6-4-2;1-2-3-4-5-6-7-8-9-10-11-12(13)14/h3-17H2,1-2H3;2-11H2,1H3,(H,13,14). The molecule has 0 aliphatic rings. The van der Waals surface area contributed by atoms with Crippen LogP contribution in [0.5, 0.6) is 0 Å². The fraction of sp³-hybridized carbons (Fsp3) is 0.933. The fourth-order valence-electron chi connectivity index (χ4n) is 3.95. The number of aliphatic carboxylic acids is 1. The van der Waals surface area contributed by atoms with Crippen molar-refractivity contribution in [3.8, 4) is 0 Å². The van der Waals surface area contributed by atoms with Crippen LogP contribution in [0.2, 0.25) is 0 Å². The van der Waals surface area contributed by atoms with E-state index in [1.165, 1.54) is 116 Å². The average Bonchev–Trinajstić information content (AvgIpc) is 2.82. The second-order valence-electron chi connectivity index (χ2n) is 9.83. The zero-order valence-corrected chi connectivity index (χ0v) is 23.3. The van der Waals surface area contributed by atoms with Crippen LogP contribution in [0.25, 0.3) is 0 Å². The highest BCUT2D eigenvalue weighted by atomic mass is 16.5. The first-order valence-electron chi connectivity index (χ1n) is 15.0. The van der Waals surface area contributed by atoms with E-state index < -0.39 is 5.97 Å². The van der Waals surface area contributed by atoms with Crippen molar-refractivity contribution in [2.75, 3.05) is 6.61 Å². The van der Waals surface area contributed by atoms with Crippen LogP contribution in [0.4, 0.5) is 0 Å². The van der Waals surface area contributed by atoms with Gasteiger partial charge in [-0.25, -0.2) is 0 Å². The number of carbonyl (C=O) groups is 2. The van der Waals surface area contributed by atoms with Crippen molar-refractivity contribution in [3.05, 3.63) is 0 Å². The summed E-state index contributed by atoms with van der Waals surface area (Å²) in [5.74, 6) is -0.655. The predicted octanol–water partition coefficient (Wildman–Crippen LogP) is 10.0. The van der Waals surface area contributed by atoms with E-state index in [1.54, 1.807) is 0 Å². The molecule has 0 atom stereocenters. The maximum atomic E-state index is 11.5. The molecule has 4 heteroatoms. The van der Waals surface area contributed by atoms with E-state index >= 15 is 0 Å². The van der Waals surface area contributed by atoms with Gasteiger partial charge in [0.1, 0.15) is 0 Å². The number of carbonyl (C=O) groups excluding carboxylic acids is 1. The van der Waals surface area contributed by atoms with Crippen molar-refractivity contribution in [3.63, 3.8) is 0 Å². The van der Waals surface area contributed by atoms with Crippen molar-refractivity contribution in [2.45, 2.75) is 175 Å². The van der Waals surface area contributed by atoms with Gasteiger partial charge in [0.2, 0.25) is 0 Å². The van der Waals surface area contributed by atoms with E-state index in [-0.39, 0.29) is 5.97 Å². The number of carboxylic acids is 1. The van der Waals surface area contributed by atoms with Crippen LogP contribution >= 0.6 is 0 Å². The van der Waals surface area contributed by atoms with Crippen molar-refractivity contribution in [2.24, 2.45) is 0 Å². The van der Waals surface area contributed by atoms with Crippen LogP contribution in [0.3, 0.4) is 0 Å². The van der Waals surface area contributed by atoms with Crippen LogP contribution in [-0.4, -0.2) is 23.7 Å². The lowest BCUT2D eigenvalue weighted by Gasteiger charge is -2.05. The third-order valence-electron chi connectivity index (χ3n) is 6.24. The molecule has 0 aromatic heterocycles. The molecule has 0 bridgehead atoms. The van der Waals surface area contributed by atoms with E-state index in [2.05, 4.69) is 20.8 Å². The minimum atomic E-state index is -0.659. The van der Waals surface area contributed by atoms with Gasteiger partial charge in [0.25, 0.3) is 0 Å². The van der Waals surface area contributed by atoms with Crippen molar-refractivity contribution >= 4 is 11.9 Å². The summed E-state index contributed by atoms with van der Waals surface area (Å²) in [7, 11) is 0. The third kappa shape index (κ3) is 35.5. The van der Waals surface area contributed by atoms with E-state index in [9.17, 15) is 9.59 Å². The number of unbranched alkanes of at least 4 members (excludes halogenated alkanes) is 19. The molecule has 0 unspecified atom stereocenters. The summed E-state index contributed by atoms with van der Waals surface area (Å²) in [6, 6.07) is 0. The topological polar surface area (TPSA) is 63.6 Å². The summed E-state index contributed by atoms with van der Waals surface area (Å²) in [4.78, 5) is 21.7. The molecule has 0 aromatic carbocycles. The lowest BCUT2D eigenvalue weighted by Crippen LogP contribution is -2.05. The van der Waals surface area contributed by atoms with Gasteiger partial charge in [-0.3, -0.25) is 9.59 Å². The van der Waals surface area contributed by atoms with E-state index in [0.29, 0.717) is 19.4 Å². The molecule has 204 valence electrons. The first kappa shape index (κ1) is 35.1. The second-order valence-corrected chi connectivity index (χ2v) is 9.83. The number of ether oxygens (including phenoxy) is 1. The highest BCUT2D eigenvalue weighted by Crippen LogP contribution is 2.11. The average molecular weight is 485 g/mol.